The number of ether oxygens (including phenoxy) is 1. The SMILES string of the molecule is COC(=O)c1ccc2c(c1)CC[C@@H]1[C@@H]2CC[C@]2(C)[C@@H](C(=O)CC(C)C)CC[C@@H]12. The minimum atomic E-state index is -0.247. The van der Waals surface area contributed by atoms with E-state index in [-0.39, 0.29) is 17.3 Å². The van der Waals surface area contributed by atoms with E-state index in [1.54, 1.807) is 0 Å². The van der Waals surface area contributed by atoms with Gasteiger partial charge in [0.1, 0.15) is 5.78 Å². The van der Waals surface area contributed by atoms with Gasteiger partial charge in [0.2, 0.25) is 0 Å². The van der Waals surface area contributed by atoms with E-state index in [0.717, 1.165) is 25.7 Å². The van der Waals surface area contributed by atoms with Gasteiger partial charge in [0.25, 0.3) is 0 Å². The second kappa shape index (κ2) is 7.31. The van der Waals surface area contributed by atoms with Crippen molar-refractivity contribution in [2.45, 2.75) is 71.6 Å². The molecule has 0 N–H and O–H groups in total. The molecular formula is C25H34O3. The van der Waals surface area contributed by atoms with Crippen molar-refractivity contribution in [1.82, 2.24) is 0 Å². The van der Waals surface area contributed by atoms with Gasteiger partial charge in [-0.3, -0.25) is 4.79 Å². The standard InChI is InChI=1S/C25H34O3/c1-15(2)13-23(26)22-10-9-21-20-8-5-16-14-17(24(27)28-4)6-7-18(16)19(20)11-12-25(21,22)3/h6-7,14-15,19-22H,5,8-13H2,1-4H3/t19-,20-,21+,22-,25+/m1/s1. The van der Waals surface area contributed by atoms with Gasteiger partial charge in [-0.25, -0.2) is 4.79 Å². The molecule has 2 saturated carbocycles. The number of ketones is 1. The molecule has 0 unspecified atom stereocenters. The summed E-state index contributed by atoms with van der Waals surface area (Å²) in [6.07, 6.45) is 7.59. The lowest BCUT2D eigenvalue weighted by molar-refractivity contribution is -0.128. The van der Waals surface area contributed by atoms with Crippen LogP contribution in [0.1, 0.15) is 86.7 Å². The van der Waals surface area contributed by atoms with Crippen molar-refractivity contribution in [3.63, 3.8) is 0 Å². The highest BCUT2D eigenvalue weighted by molar-refractivity contribution is 5.89. The molecule has 28 heavy (non-hydrogen) atoms. The van der Waals surface area contributed by atoms with Crippen LogP contribution in [0.4, 0.5) is 0 Å². The molecule has 3 aliphatic carbocycles. The number of hydrogen-bond donors (Lipinski definition) is 0. The lowest BCUT2D eigenvalue weighted by Gasteiger charge is -2.51. The maximum atomic E-state index is 13.0. The van der Waals surface area contributed by atoms with Crippen LogP contribution in [0.3, 0.4) is 0 Å². The summed E-state index contributed by atoms with van der Waals surface area (Å²) in [7, 11) is 1.44. The molecule has 2 fully saturated rings. The third-order valence-corrected chi connectivity index (χ3v) is 8.15. The van der Waals surface area contributed by atoms with Crippen LogP contribution in [0.15, 0.2) is 18.2 Å². The summed E-state index contributed by atoms with van der Waals surface area (Å²) in [6, 6.07) is 6.16. The summed E-state index contributed by atoms with van der Waals surface area (Å²) in [6.45, 7) is 6.73. The smallest absolute Gasteiger partial charge is 0.337 e. The Hall–Kier alpha value is -1.64. The average Bonchev–Trinajstić information content (AvgIpc) is 3.03. The zero-order valence-corrected chi connectivity index (χ0v) is 17.8. The van der Waals surface area contributed by atoms with Crippen LogP contribution < -0.4 is 0 Å². The second-order valence-corrected chi connectivity index (χ2v) is 10.1. The Bertz CT molecular complexity index is 780. The van der Waals surface area contributed by atoms with Crippen molar-refractivity contribution in [3.05, 3.63) is 34.9 Å². The second-order valence-electron chi connectivity index (χ2n) is 10.1. The first-order chi connectivity index (χ1) is 13.3. The largest absolute Gasteiger partial charge is 0.465 e. The fourth-order valence-corrected chi connectivity index (χ4v) is 6.90. The van der Waals surface area contributed by atoms with Crippen molar-refractivity contribution in [1.29, 1.82) is 0 Å². The highest BCUT2D eigenvalue weighted by atomic mass is 16.5. The van der Waals surface area contributed by atoms with Gasteiger partial charge in [0.05, 0.1) is 12.7 Å². The van der Waals surface area contributed by atoms with Crippen molar-refractivity contribution < 1.29 is 14.3 Å². The van der Waals surface area contributed by atoms with Crippen molar-refractivity contribution in [2.75, 3.05) is 7.11 Å². The van der Waals surface area contributed by atoms with E-state index in [1.165, 1.54) is 37.5 Å². The summed E-state index contributed by atoms with van der Waals surface area (Å²) in [4.78, 5) is 24.9. The Morgan fingerprint density at radius 1 is 1.18 bits per heavy atom. The Morgan fingerprint density at radius 2 is 1.96 bits per heavy atom. The highest BCUT2D eigenvalue weighted by Gasteiger charge is 2.56. The van der Waals surface area contributed by atoms with Crippen LogP contribution in [0.2, 0.25) is 0 Å². The normalized spacial score (nSPS) is 33.8. The van der Waals surface area contributed by atoms with E-state index < -0.39 is 0 Å². The Kier molecular flexibility index (Phi) is 5.14. The first kappa shape index (κ1) is 19.7. The zero-order chi connectivity index (χ0) is 20.1. The van der Waals surface area contributed by atoms with Gasteiger partial charge >= 0.3 is 5.97 Å². The third-order valence-electron chi connectivity index (χ3n) is 8.15. The van der Waals surface area contributed by atoms with E-state index in [2.05, 4.69) is 32.9 Å². The first-order valence-corrected chi connectivity index (χ1v) is 11.1. The molecule has 1 aromatic rings. The number of esters is 1. The maximum absolute atomic E-state index is 13.0. The van der Waals surface area contributed by atoms with Crippen molar-refractivity contribution >= 4 is 11.8 Å². The first-order valence-electron chi connectivity index (χ1n) is 11.1. The summed E-state index contributed by atoms with van der Waals surface area (Å²) < 4.78 is 4.89. The van der Waals surface area contributed by atoms with Crippen molar-refractivity contribution in [2.24, 2.45) is 29.1 Å². The Balaban J connectivity index is 1.58. The number of aryl methyl sites for hydroxylation is 1. The van der Waals surface area contributed by atoms with E-state index in [1.807, 2.05) is 6.07 Å². The molecule has 0 bridgehead atoms. The monoisotopic (exact) mass is 382 g/mol. The number of carbonyl (C=O) groups is 2. The molecule has 0 heterocycles. The molecule has 0 radical (unpaired) electrons. The molecule has 0 spiro atoms. The van der Waals surface area contributed by atoms with Gasteiger partial charge in [0.15, 0.2) is 0 Å². The number of hydrogen-bond acceptors (Lipinski definition) is 3. The summed E-state index contributed by atoms with van der Waals surface area (Å²) in [5.74, 6) is 2.93. The predicted octanol–water partition coefficient (Wildman–Crippen LogP) is 5.56. The summed E-state index contributed by atoms with van der Waals surface area (Å²) in [5.41, 5.74) is 3.64. The molecule has 3 nitrogen and oxygen atoms in total. The molecule has 152 valence electrons. The lowest BCUT2D eigenvalue weighted by atomic mass is 9.53. The molecule has 0 saturated heterocycles. The van der Waals surface area contributed by atoms with Gasteiger partial charge < -0.3 is 4.74 Å². The van der Waals surface area contributed by atoms with E-state index >= 15 is 0 Å². The predicted molar refractivity (Wildman–Crippen MR) is 110 cm³/mol. The van der Waals surface area contributed by atoms with E-state index in [9.17, 15) is 9.59 Å². The van der Waals surface area contributed by atoms with Crippen LogP contribution in [0, 0.1) is 29.1 Å². The van der Waals surface area contributed by atoms with Crippen LogP contribution >= 0.6 is 0 Å². The molecular weight excluding hydrogens is 348 g/mol. The number of benzene rings is 1. The average molecular weight is 383 g/mol. The zero-order valence-electron chi connectivity index (χ0n) is 17.8. The minimum Gasteiger partial charge on any atom is -0.465 e. The molecule has 0 amide bonds. The highest BCUT2D eigenvalue weighted by Crippen LogP contribution is 2.63. The molecule has 3 heteroatoms. The molecule has 4 rings (SSSR count). The summed E-state index contributed by atoms with van der Waals surface area (Å²) in [5, 5.41) is 0. The van der Waals surface area contributed by atoms with Crippen LogP contribution in [0.5, 0.6) is 0 Å². The Labute approximate surface area is 169 Å². The number of methoxy groups -OCH3 is 1. The molecule has 5 atom stereocenters. The molecule has 3 aliphatic rings. The van der Waals surface area contributed by atoms with Gasteiger partial charge in [-0.05, 0) is 90.9 Å². The Morgan fingerprint density at radius 3 is 2.68 bits per heavy atom. The van der Waals surface area contributed by atoms with Gasteiger partial charge in [0, 0.05) is 12.3 Å². The fraction of sp³-hybridized carbons (Fsp3) is 0.680. The number of fused-ring (bicyclic) bond motifs is 5. The topological polar surface area (TPSA) is 43.4 Å². The molecule has 1 aromatic carbocycles. The van der Waals surface area contributed by atoms with Crippen LogP contribution in [-0.2, 0) is 16.0 Å². The van der Waals surface area contributed by atoms with Gasteiger partial charge in [-0.1, -0.05) is 26.8 Å². The summed E-state index contributed by atoms with van der Waals surface area (Å²) >= 11 is 0. The fourth-order valence-electron chi connectivity index (χ4n) is 6.90. The van der Waals surface area contributed by atoms with E-state index in [4.69, 9.17) is 4.74 Å². The van der Waals surface area contributed by atoms with Gasteiger partial charge in [-0.15, -0.1) is 0 Å². The molecule has 0 aromatic heterocycles. The van der Waals surface area contributed by atoms with Crippen LogP contribution in [-0.4, -0.2) is 18.9 Å². The van der Waals surface area contributed by atoms with E-state index in [0.29, 0.717) is 35.0 Å². The number of carbonyl (C=O) groups excluding carboxylic acids is 2. The number of Topliss-reactive ketones (excluding diaryl/α,β-unsaturated/α-hetero) is 1. The number of rotatable bonds is 4. The van der Waals surface area contributed by atoms with Crippen LogP contribution in [0.25, 0.3) is 0 Å². The van der Waals surface area contributed by atoms with Gasteiger partial charge in [-0.2, -0.15) is 0 Å². The minimum absolute atomic E-state index is 0.191. The molecule has 0 aliphatic heterocycles. The third kappa shape index (κ3) is 3.11. The van der Waals surface area contributed by atoms with Crippen molar-refractivity contribution in [3.8, 4) is 0 Å². The quantitative estimate of drug-likeness (QED) is 0.640. The lowest BCUT2D eigenvalue weighted by Crippen LogP contribution is -2.44. The maximum Gasteiger partial charge on any atom is 0.337 e.